The van der Waals surface area contributed by atoms with E-state index >= 15 is 0 Å². The van der Waals surface area contributed by atoms with Crippen LogP contribution in [0.2, 0.25) is 0 Å². The maximum atomic E-state index is 6.25. The zero-order chi connectivity index (χ0) is 12.2. The summed E-state index contributed by atoms with van der Waals surface area (Å²) >= 11 is 0. The van der Waals surface area contributed by atoms with Gasteiger partial charge < -0.3 is 4.74 Å². The normalized spacial score (nSPS) is 30.6. The van der Waals surface area contributed by atoms with Crippen LogP contribution in [0.4, 0.5) is 0 Å². The van der Waals surface area contributed by atoms with Crippen molar-refractivity contribution in [2.45, 2.75) is 84.6 Å². The second-order valence-corrected chi connectivity index (χ2v) is 5.35. The van der Waals surface area contributed by atoms with Gasteiger partial charge in [0, 0.05) is 6.04 Å². The molecule has 1 saturated heterocycles. The molecule has 0 aromatic rings. The van der Waals surface area contributed by atoms with Crippen LogP contribution in [0.15, 0.2) is 0 Å². The zero-order valence-electron chi connectivity index (χ0n) is 11.7. The minimum Gasteiger partial charge on any atom is -0.356 e. The number of rotatable bonds is 6. The Balaban J connectivity index is 2.84. The van der Waals surface area contributed by atoms with Crippen LogP contribution in [0, 0.1) is 5.92 Å². The Hall–Kier alpha value is -0.0800. The minimum absolute atomic E-state index is 0.0956. The molecule has 1 rings (SSSR count). The van der Waals surface area contributed by atoms with Gasteiger partial charge in [-0.25, -0.2) is 0 Å². The molecule has 0 bridgehead atoms. The van der Waals surface area contributed by atoms with E-state index in [9.17, 15) is 0 Å². The molecule has 0 amide bonds. The van der Waals surface area contributed by atoms with Crippen molar-refractivity contribution in [3.8, 4) is 0 Å². The molecule has 0 aliphatic carbocycles. The van der Waals surface area contributed by atoms with Crippen molar-refractivity contribution in [1.29, 1.82) is 0 Å². The Bertz CT molecular complexity index is 199. The molecular formula is C14H29NO. The Kier molecular flexibility index (Phi) is 5.26. The van der Waals surface area contributed by atoms with E-state index in [0.717, 1.165) is 0 Å². The predicted molar refractivity (Wildman–Crippen MR) is 69.5 cm³/mol. The minimum atomic E-state index is 0.0956. The van der Waals surface area contributed by atoms with Crippen LogP contribution in [-0.4, -0.2) is 17.9 Å². The second kappa shape index (κ2) is 6.02. The summed E-state index contributed by atoms with van der Waals surface area (Å²) < 4.78 is 6.25. The van der Waals surface area contributed by atoms with E-state index in [1.165, 1.54) is 32.1 Å². The van der Waals surface area contributed by atoms with Crippen molar-refractivity contribution >= 4 is 0 Å². The smallest absolute Gasteiger partial charge is 0.106 e. The van der Waals surface area contributed by atoms with Crippen molar-refractivity contribution in [3.63, 3.8) is 0 Å². The first-order valence-corrected chi connectivity index (χ1v) is 7.03. The van der Waals surface area contributed by atoms with E-state index in [2.05, 4.69) is 39.9 Å². The van der Waals surface area contributed by atoms with Gasteiger partial charge in [0.05, 0.1) is 5.60 Å². The van der Waals surface area contributed by atoms with Crippen molar-refractivity contribution in [2.75, 3.05) is 0 Å². The van der Waals surface area contributed by atoms with Gasteiger partial charge in [-0.3, -0.25) is 5.32 Å². The first kappa shape index (κ1) is 14.0. The topological polar surface area (TPSA) is 21.3 Å². The summed E-state index contributed by atoms with van der Waals surface area (Å²) in [6, 6.07) is 0.535. The Labute approximate surface area is 101 Å². The molecule has 0 spiro atoms. The first-order valence-electron chi connectivity index (χ1n) is 7.03. The van der Waals surface area contributed by atoms with E-state index in [4.69, 9.17) is 4.74 Å². The fourth-order valence-electron chi connectivity index (χ4n) is 3.18. The molecule has 2 nitrogen and oxygen atoms in total. The second-order valence-electron chi connectivity index (χ2n) is 5.35. The summed E-state index contributed by atoms with van der Waals surface area (Å²) in [6.07, 6.45) is 6.24. The van der Waals surface area contributed by atoms with Crippen LogP contribution in [0.5, 0.6) is 0 Å². The molecule has 16 heavy (non-hydrogen) atoms. The molecule has 0 aromatic heterocycles. The molecule has 1 fully saturated rings. The van der Waals surface area contributed by atoms with Gasteiger partial charge in [-0.2, -0.15) is 0 Å². The molecule has 3 atom stereocenters. The molecule has 0 saturated carbocycles. The molecule has 1 unspecified atom stereocenters. The van der Waals surface area contributed by atoms with E-state index in [0.29, 0.717) is 12.0 Å². The molecule has 96 valence electrons. The predicted octanol–water partition coefficient (Wildman–Crippen LogP) is 3.71. The monoisotopic (exact) mass is 227 g/mol. The van der Waals surface area contributed by atoms with Crippen molar-refractivity contribution < 1.29 is 4.74 Å². The van der Waals surface area contributed by atoms with E-state index in [1.54, 1.807) is 0 Å². The summed E-state index contributed by atoms with van der Waals surface area (Å²) in [5, 5.41) is 3.64. The maximum Gasteiger partial charge on any atom is 0.106 e. The van der Waals surface area contributed by atoms with E-state index in [1.807, 2.05) is 0 Å². The van der Waals surface area contributed by atoms with Crippen LogP contribution in [0.1, 0.15) is 66.7 Å². The summed E-state index contributed by atoms with van der Waals surface area (Å²) in [6.45, 7) is 11.3. The number of hydrogen-bond donors (Lipinski definition) is 1. The third-order valence-corrected chi connectivity index (χ3v) is 3.95. The lowest BCUT2D eigenvalue weighted by atomic mass is 9.79. The van der Waals surface area contributed by atoms with Gasteiger partial charge in [0.25, 0.3) is 0 Å². The van der Waals surface area contributed by atoms with Crippen LogP contribution in [0.3, 0.4) is 0 Å². The molecule has 1 aliphatic rings. The average Bonchev–Trinajstić information content (AvgIpc) is 2.55. The van der Waals surface area contributed by atoms with Crippen LogP contribution < -0.4 is 5.32 Å². The Morgan fingerprint density at radius 1 is 1.19 bits per heavy atom. The average molecular weight is 227 g/mol. The largest absolute Gasteiger partial charge is 0.356 e. The summed E-state index contributed by atoms with van der Waals surface area (Å²) in [5.41, 5.74) is 0.0956. The van der Waals surface area contributed by atoms with Gasteiger partial charge in [-0.05, 0) is 25.7 Å². The van der Waals surface area contributed by atoms with Gasteiger partial charge in [-0.1, -0.05) is 47.0 Å². The van der Waals surface area contributed by atoms with Crippen molar-refractivity contribution in [2.24, 2.45) is 5.92 Å². The summed E-state index contributed by atoms with van der Waals surface area (Å²) in [5.74, 6) is 0.697. The molecule has 0 aromatic carbocycles. The standard InChI is InChI=1S/C14H29NO/c1-6-9-14(10-7-2)13(11(4)8-3)15-12(5)16-14/h11-13,15H,6-10H2,1-5H3/t11?,12-,13-/m0/s1. The number of hydrogen-bond acceptors (Lipinski definition) is 2. The molecule has 1 aliphatic heterocycles. The highest BCUT2D eigenvalue weighted by atomic mass is 16.5. The van der Waals surface area contributed by atoms with Gasteiger partial charge in [-0.15, -0.1) is 0 Å². The fraction of sp³-hybridized carbons (Fsp3) is 1.00. The highest BCUT2D eigenvalue weighted by molar-refractivity contribution is 5.00. The Morgan fingerprint density at radius 2 is 1.75 bits per heavy atom. The van der Waals surface area contributed by atoms with E-state index in [-0.39, 0.29) is 11.8 Å². The van der Waals surface area contributed by atoms with Gasteiger partial charge in [0.1, 0.15) is 6.23 Å². The first-order chi connectivity index (χ1) is 7.59. The van der Waals surface area contributed by atoms with Crippen molar-refractivity contribution in [1.82, 2.24) is 5.32 Å². The van der Waals surface area contributed by atoms with Crippen molar-refractivity contribution in [3.05, 3.63) is 0 Å². The van der Waals surface area contributed by atoms with Gasteiger partial charge in [0.2, 0.25) is 0 Å². The molecule has 0 radical (unpaired) electrons. The molecule has 2 heteroatoms. The Morgan fingerprint density at radius 3 is 2.19 bits per heavy atom. The molecular weight excluding hydrogens is 198 g/mol. The number of ether oxygens (including phenoxy) is 1. The maximum absolute atomic E-state index is 6.25. The highest BCUT2D eigenvalue weighted by Gasteiger charge is 2.47. The lowest BCUT2D eigenvalue weighted by Crippen LogP contribution is -2.47. The quantitative estimate of drug-likeness (QED) is 0.747. The number of nitrogens with one attached hydrogen (secondary N) is 1. The van der Waals surface area contributed by atoms with Crippen LogP contribution >= 0.6 is 0 Å². The zero-order valence-corrected chi connectivity index (χ0v) is 11.7. The molecule has 1 heterocycles. The van der Waals surface area contributed by atoms with Crippen LogP contribution in [0.25, 0.3) is 0 Å². The fourth-order valence-corrected chi connectivity index (χ4v) is 3.18. The molecule has 1 N–H and O–H groups in total. The van der Waals surface area contributed by atoms with Crippen LogP contribution in [-0.2, 0) is 4.74 Å². The third kappa shape index (κ3) is 2.78. The lowest BCUT2D eigenvalue weighted by Gasteiger charge is -2.36. The summed E-state index contributed by atoms with van der Waals surface area (Å²) in [7, 11) is 0. The van der Waals surface area contributed by atoms with Gasteiger partial charge in [0.15, 0.2) is 0 Å². The highest BCUT2D eigenvalue weighted by Crippen LogP contribution is 2.38. The summed E-state index contributed by atoms with van der Waals surface area (Å²) in [4.78, 5) is 0. The SMILES string of the molecule is CCCC1(CCC)O[C@@H](C)N[C@H]1C(C)CC. The van der Waals surface area contributed by atoms with Gasteiger partial charge >= 0.3 is 0 Å². The third-order valence-electron chi connectivity index (χ3n) is 3.95. The lowest BCUT2D eigenvalue weighted by molar-refractivity contribution is -0.0593. The van der Waals surface area contributed by atoms with E-state index < -0.39 is 0 Å².